The van der Waals surface area contributed by atoms with Crippen molar-refractivity contribution in [1.82, 2.24) is 0 Å². The van der Waals surface area contributed by atoms with Gasteiger partial charge in [-0.15, -0.1) is 0 Å². The van der Waals surface area contributed by atoms with Gasteiger partial charge in [-0.25, -0.2) is 0 Å². The lowest BCUT2D eigenvalue weighted by molar-refractivity contribution is 0.0928. The molecule has 100 valence electrons. The van der Waals surface area contributed by atoms with Crippen molar-refractivity contribution in [1.29, 1.82) is 0 Å². The van der Waals surface area contributed by atoms with Crippen LogP contribution in [-0.2, 0) is 4.74 Å². The standard InChI is InChI=1S/C14H20O4/c1-4-17-11-6-7-12(13(15)8-9-16-3)14(10-11)18-5-2/h6-7,10H,4-5,8-9H2,1-3H3. The van der Waals surface area contributed by atoms with E-state index in [2.05, 4.69) is 0 Å². The average molecular weight is 252 g/mol. The first kappa shape index (κ1) is 14.5. The first-order valence-corrected chi connectivity index (χ1v) is 6.14. The number of carbonyl (C=O) groups is 1. The van der Waals surface area contributed by atoms with E-state index >= 15 is 0 Å². The molecule has 4 heteroatoms. The monoisotopic (exact) mass is 252 g/mol. The molecule has 1 rings (SSSR count). The molecule has 0 saturated heterocycles. The van der Waals surface area contributed by atoms with Crippen LogP contribution in [0.15, 0.2) is 18.2 Å². The summed E-state index contributed by atoms with van der Waals surface area (Å²) in [6.45, 7) is 5.31. The number of ketones is 1. The molecule has 0 unspecified atom stereocenters. The number of carbonyl (C=O) groups excluding carboxylic acids is 1. The molecular formula is C14H20O4. The lowest BCUT2D eigenvalue weighted by Crippen LogP contribution is -2.07. The van der Waals surface area contributed by atoms with Crippen molar-refractivity contribution in [3.05, 3.63) is 23.8 Å². The Morgan fingerprint density at radius 3 is 2.50 bits per heavy atom. The zero-order valence-corrected chi connectivity index (χ0v) is 11.2. The van der Waals surface area contributed by atoms with E-state index in [9.17, 15) is 4.79 Å². The van der Waals surface area contributed by atoms with E-state index in [1.54, 1.807) is 25.3 Å². The van der Waals surface area contributed by atoms with Crippen molar-refractivity contribution in [3.63, 3.8) is 0 Å². The Hall–Kier alpha value is -1.55. The van der Waals surface area contributed by atoms with E-state index in [1.165, 1.54) is 0 Å². The Kier molecular flexibility index (Phi) is 6.22. The van der Waals surface area contributed by atoms with Crippen LogP contribution in [0.5, 0.6) is 11.5 Å². The third-order valence-electron chi connectivity index (χ3n) is 2.40. The number of ether oxygens (including phenoxy) is 3. The molecule has 0 amide bonds. The minimum absolute atomic E-state index is 0.0170. The van der Waals surface area contributed by atoms with Gasteiger partial charge >= 0.3 is 0 Å². The number of hydrogen-bond acceptors (Lipinski definition) is 4. The Bertz CT molecular complexity index is 387. The summed E-state index contributed by atoms with van der Waals surface area (Å²) in [5.41, 5.74) is 0.581. The van der Waals surface area contributed by atoms with Crippen molar-refractivity contribution in [2.75, 3.05) is 26.9 Å². The molecule has 0 fully saturated rings. The molecule has 0 saturated carbocycles. The summed E-state index contributed by atoms with van der Waals surface area (Å²) in [7, 11) is 1.58. The molecule has 18 heavy (non-hydrogen) atoms. The number of hydrogen-bond donors (Lipinski definition) is 0. The molecule has 0 aromatic heterocycles. The highest BCUT2D eigenvalue weighted by atomic mass is 16.5. The molecule has 0 atom stereocenters. The summed E-state index contributed by atoms with van der Waals surface area (Å²) in [6, 6.07) is 5.28. The third-order valence-corrected chi connectivity index (χ3v) is 2.40. The van der Waals surface area contributed by atoms with Crippen molar-refractivity contribution >= 4 is 5.78 Å². The highest BCUT2D eigenvalue weighted by molar-refractivity contribution is 5.98. The Balaban J connectivity index is 2.91. The minimum Gasteiger partial charge on any atom is -0.494 e. The van der Waals surface area contributed by atoms with Gasteiger partial charge in [0, 0.05) is 19.6 Å². The number of benzene rings is 1. The van der Waals surface area contributed by atoms with Crippen LogP contribution < -0.4 is 9.47 Å². The van der Waals surface area contributed by atoms with E-state index in [-0.39, 0.29) is 5.78 Å². The number of rotatable bonds is 8. The van der Waals surface area contributed by atoms with Gasteiger partial charge < -0.3 is 14.2 Å². The molecule has 0 N–H and O–H groups in total. The second-order valence-electron chi connectivity index (χ2n) is 3.69. The van der Waals surface area contributed by atoms with E-state index in [0.717, 1.165) is 0 Å². The van der Waals surface area contributed by atoms with Crippen molar-refractivity contribution in [2.45, 2.75) is 20.3 Å². The van der Waals surface area contributed by atoms with Gasteiger partial charge in [-0.1, -0.05) is 0 Å². The summed E-state index contributed by atoms with van der Waals surface area (Å²) >= 11 is 0. The number of Topliss-reactive ketones (excluding diaryl/α,β-unsaturated/α-hetero) is 1. The molecule has 0 heterocycles. The van der Waals surface area contributed by atoms with Gasteiger partial charge in [0.25, 0.3) is 0 Å². The molecular weight excluding hydrogens is 232 g/mol. The van der Waals surface area contributed by atoms with E-state index in [4.69, 9.17) is 14.2 Å². The van der Waals surface area contributed by atoms with Crippen LogP contribution in [-0.4, -0.2) is 32.7 Å². The topological polar surface area (TPSA) is 44.8 Å². The number of methoxy groups -OCH3 is 1. The first-order chi connectivity index (χ1) is 8.72. The summed E-state index contributed by atoms with van der Waals surface area (Å²) < 4.78 is 15.8. The highest BCUT2D eigenvalue weighted by Crippen LogP contribution is 2.26. The normalized spacial score (nSPS) is 10.2. The summed E-state index contributed by atoms with van der Waals surface area (Å²) in [5.74, 6) is 1.30. The Morgan fingerprint density at radius 2 is 1.89 bits per heavy atom. The molecule has 4 nitrogen and oxygen atoms in total. The molecule has 0 bridgehead atoms. The first-order valence-electron chi connectivity index (χ1n) is 6.14. The van der Waals surface area contributed by atoms with Gasteiger partial charge in [-0.3, -0.25) is 4.79 Å². The van der Waals surface area contributed by atoms with Gasteiger partial charge in [0.2, 0.25) is 0 Å². The summed E-state index contributed by atoms with van der Waals surface area (Å²) in [6.07, 6.45) is 0.352. The largest absolute Gasteiger partial charge is 0.494 e. The fourth-order valence-corrected chi connectivity index (χ4v) is 1.59. The Labute approximate surface area is 108 Å². The van der Waals surface area contributed by atoms with Gasteiger partial charge in [0.1, 0.15) is 11.5 Å². The third kappa shape index (κ3) is 4.04. The van der Waals surface area contributed by atoms with Crippen LogP contribution in [0, 0.1) is 0 Å². The average Bonchev–Trinajstić information content (AvgIpc) is 2.37. The van der Waals surface area contributed by atoms with E-state index in [0.29, 0.717) is 43.3 Å². The molecule has 0 spiro atoms. The van der Waals surface area contributed by atoms with Crippen molar-refractivity contribution in [2.24, 2.45) is 0 Å². The molecule has 0 aliphatic carbocycles. The van der Waals surface area contributed by atoms with Crippen molar-refractivity contribution < 1.29 is 19.0 Å². The quantitative estimate of drug-likeness (QED) is 0.667. The van der Waals surface area contributed by atoms with Crippen LogP contribution >= 0.6 is 0 Å². The van der Waals surface area contributed by atoms with Crippen LogP contribution in [0.3, 0.4) is 0 Å². The highest BCUT2D eigenvalue weighted by Gasteiger charge is 2.13. The maximum atomic E-state index is 12.0. The zero-order valence-electron chi connectivity index (χ0n) is 11.2. The van der Waals surface area contributed by atoms with Crippen LogP contribution in [0.1, 0.15) is 30.6 Å². The van der Waals surface area contributed by atoms with Gasteiger partial charge in [0.05, 0.1) is 25.4 Å². The lowest BCUT2D eigenvalue weighted by Gasteiger charge is -2.11. The van der Waals surface area contributed by atoms with E-state index < -0.39 is 0 Å². The predicted octanol–water partition coefficient (Wildman–Crippen LogP) is 2.70. The second-order valence-corrected chi connectivity index (χ2v) is 3.69. The maximum absolute atomic E-state index is 12.0. The zero-order chi connectivity index (χ0) is 13.4. The Morgan fingerprint density at radius 1 is 1.17 bits per heavy atom. The fourth-order valence-electron chi connectivity index (χ4n) is 1.59. The van der Waals surface area contributed by atoms with Crippen LogP contribution in [0.4, 0.5) is 0 Å². The minimum atomic E-state index is 0.0170. The summed E-state index contributed by atoms with van der Waals surface area (Å²) in [4.78, 5) is 12.0. The molecule has 0 radical (unpaired) electrons. The fraction of sp³-hybridized carbons (Fsp3) is 0.500. The summed E-state index contributed by atoms with van der Waals surface area (Å²) in [5, 5.41) is 0. The molecule has 1 aromatic carbocycles. The molecule has 1 aromatic rings. The van der Waals surface area contributed by atoms with Gasteiger partial charge in [0.15, 0.2) is 5.78 Å². The van der Waals surface area contributed by atoms with Crippen molar-refractivity contribution in [3.8, 4) is 11.5 Å². The predicted molar refractivity (Wildman–Crippen MR) is 69.6 cm³/mol. The maximum Gasteiger partial charge on any atom is 0.168 e. The SMILES string of the molecule is CCOc1ccc(C(=O)CCOC)c(OCC)c1. The molecule has 0 aliphatic rings. The van der Waals surface area contributed by atoms with E-state index in [1.807, 2.05) is 13.8 Å². The van der Waals surface area contributed by atoms with Crippen LogP contribution in [0.25, 0.3) is 0 Å². The molecule has 0 aliphatic heterocycles. The van der Waals surface area contributed by atoms with Gasteiger partial charge in [-0.05, 0) is 26.0 Å². The van der Waals surface area contributed by atoms with Crippen LogP contribution in [0.2, 0.25) is 0 Å². The lowest BCUT2D eigenvalue weighted by atomic mass is 10.1. The smallest absolute Gasteiger partial charge is 0.168 e. The second kappa shape index (κ2) is 7.71. The van der Waals surface area contributed by atoms with Gasteiger partial charge in [-0.2, -0.15) is 0 Å².